The van der Waals surface area contributed by atoms with Crippen LogP contribution in [-0.4, -0.2) is 123 Å². The molecule has 0 aliphatic carbocycles. The largest absolute Gasteiger partial charge is 0.390 e. The molecule has 0 aromatic heterocycles. The molecule has 0 aromatic rings. The molecular weight excluding hydrogens is 546 g/mol. The van der Waals surface area contributed by atoms with Crippen molar-refractivity contribution in [1.29, 1.82) is 0 Å². The minimum Gasteiger partial charge on any atom is -0.390 e. The smallest absolute Gasteiger partial charge is 0.190 e. The first kappa shape index (κ1) is 27.5. The molecule has 0 saturated carbocycles. The van der Waals surface area contributed by atoms with Gasteiger partial charge in [-0.15, -0.1) is 0 Å². The van der Waals surface area contributed by atoms with Crippen LogP contribution in [0.3, 0.4) is 0 Å². The SMILES string of the molecule is CC1(C)O[C@H]2O[C@@H]3C4=NOC(CO[C@@H]5[C@H]6OC(C)(C)O[C@H]6O[C@@H]5CO[C@@H]5[C@H]6OC(C)(C)O[C@H]6O[C@@H]5CO[C@@H]3[C@H]2O1)C4. The average Bonchev–Trinajstić information content (AvgIpc) is 3.69. The lowest BCUT2D eigenvalue weighted by Gasteiger charge is -2.30. The van der Waals surface area contributed by atoms with E-state index >= 15 is 0 Å². The third kappa shape index (κ3) is 4.84. The number of hydrogen-bond acceptors (Lipinski definition) is 14. The molecule has 14 heteroatoms. The highest BCUT2D eigenvalue weighted by molar-refractivity contribution is 5.90. The second-order valence-electron chi connectivity index (χ2n) is 13.2. The summed E-state index contributed by atoms with van der Waals surface area (Å²) in [6.07, 6.45) is -5.87. The highest BCUT2D eigenvalue weighted by atomic mass is 16.9. The van der Waals surface area contributed by atoms with E-state index in [1.165, 1.54) is 0 Å². The molecule has 0 spiro atoms. The van der Waals surface area contributed by atoms with Gasteiger partial charge in [0.05, 0.1) is 25.5 Å². The van der Waals surface area contributed by atoms with E-state index in [-0.39, 0.29) is 25.9 Å². The van der Waals surface area contributed by atoms with E-state index in [2.05, 4.69) is 5.16 Å². The molecule has 7 saturated heterocycles. The summed E-state index contributed by atoms with van der Waals surface area (Å²) in [4.78, 5) is 5.77. The number of ether oxygens (including phenoxy) is 12. The zero-order valence-electron chi connectivity index (χ0n) is 24.1. The Balaban J connectivity index is 1.07. The Hall–Kier alpha value is -1.01. The van der Waals surface area contributed by atoms with E-state index in [1.54, 1.807) is 0 Å². The van der Waals surface area contributed by atoms with Crippen LogP contribution in [0.2, 0.25) is 0 Å². The summed E-state index contributed by atoms with van der Waals surface area (Å²) in [6, 6.07) is 0. The number of oxime groups is 1. The molecule has 230 valence electrons. The molecule has 8 aliphatic heterocycles. The number of nitrogens with zero attached hydrogens (tertiary/aromatic N) is 1. The summed E-state index contributed by atoms with van der Waals surface area (Å²) in [7, 11) is 0. The van der Waals surface area contributed by atoms with Gasteiger partial charge in [0.1, 0.15) is 54.9 Å². The first-order valence-corrected chi connectivity index (χ1v) is 14.5. The summed E-state index contributed by atoms with van der Waals surface area (Å²) in [6.45, 7) is 11.8. The van der Waals surface area contributed by atoms with Gasteiger partial charge in [-0.3, -0.25) is 0 Å². The normalized spacial score (nSPS) is 52.7. The molecule has 8 aliphatic rings. The lowest BCUT2D eigenvalue weighted by molar-refractivity contribution is -0.241. The van der Waals surface area contributed by atoms with Crippen molar-refractivity contribution in [2.24, 2.45) is 5.16 Å². The monoisotopic (exact) mass is 585 g/mol. The van der Waals surface area contributed by atoms with Gasteiger partial charge in [-0.05, 0) is 41.5 Å². The van der Waals surface area contributed by atoms with Crippen molar-refractivity contribution in [2.75, 3.05) is 19.8 Å². The molecule has 8 heterocycles. The maximum Gasteiger partial charge on any atom is 0.190 e. The Morgan fingerprint density at radius 3 is 1.56 bits per heavy atom. The van der Waals surface area contributed by atoms with Crippen LogP contribution >= 0.6 is 0 Å². The van der Waals surface area contributed by atoms with Crippen molar-refractivity contribution in [3.05, 3.63) is 0 Å². The molecule has 0 radical (unpaired) electrons. The first-order chi connectivity index (χ1) is 19.4. The zero-order chi connectivity index (χ0) is 28.3. The molecule has 2 bridgehead atoms. The summed E-state index contributed by atoms with van der Waals surface area (Å²) in [5, 5.41) is 4.38. The van der Waals surface area contributed by atoms with Crippen LogP contribution in [0.25, 0.3) is 0 Å². The number of hydrogen-bond donors (Lipinski definition) is 0. The fourth-order valence-electron chi connectivity index (χ4n) is 7.03. The maximum atomic E-state index is 6.52. The summed E-state index contributed by atoms with van der Waals surface area (Å²) in [5.41, 5.74) is 0.710. The van der Waals surface area contributed by atoms with Crippen LogP contribution in [0.5, 0.6) is 0 Å². The lowest BCUT2D eigenvalue weighted by Crippen LogP contribution is -2.45. The van der Waals surface area contributed by atoms with E-state index in [0.29, 0.717) is 12.1 Å². The molecular formula is C27H39NO13. The summed E-state index contributed by atoms with van der Waals surface area (Å²) < 4.78 is 74.9. The van der Waals surface area contributed by atoms with Gasteiger partial charge in [0.15, 0.2) is 42.3 Å². The Labute approximate surface area is 238 Å². The van der Waals surface area contributed by atoms with Gasteiger partial charge >= 0.3 is 0 Å². The van der Waals surface area contributed by atoms with Crippen LogP contribution < -0.4 is 0 Å². The molecule has 13 atom stereocenters. The van der Waals surface area contributed by atoms with Crippen molar-refractivity contribution < 1.29 is 61.7 Å². The van der Waals surface area contributed by atoms with E-state index in [4.69, 9.17) is 61.7 Å². The van der Waals surface area contributed by atoms with Gasteiger partial charge in [-0.1, -0.05) is 5.16 Å². The van der Waals surface area contributed by atoms with Crippen molar-refractivity contribution >= 4 is 5.71 Å². The van der Waals surface area contributed by atoms with Gasteiger partial charge in [-0.25, -0.2) is 0 Å². The predicted molar refractivity (Wildman–Crippen MR) is 132 cm³/mol. The molecule has 41 heavy (non-hydrogen) atoms. The summed E-state index contributed by atoms with van der Waals surface area (Å²) >= 11 is 0. The van der Waals surface area contributed by atoms with Crippen molar-refractivity contribution in [3.8, 4) is 0 Å². The Bertz CT molecular complexity index is 1070. The fourth-order valence-corrected chi connectivity index (χ4v) is 7.03. The van der Waals surface area contributed by atoms with Crippen LogP contribution in [-0.2, 0) is 61.7 Å². The molecule has 8 rings (SSSR count). The Morgan fingerprint density at radius 2 is 1.00 bits per heavy atom. The third-order valence-corrected chi connectivity index (χ3v) is 8.63. The topological polar surface area (TPSA) is 132 Å². The second kappa shape index (κ2) is 9.49. The van der Waals surface area contributed by atoms with Gasteiger partial charge < -0.3 is 61.7 Å². The van der Waals surface area contributed by atoms with Crippen LogP contribution in [0.1, 0.15) is 48.0 Å². The summed E-state index contributed by atoms with van der Waals surface area (Å²) in [5.74, 6) is -2.40. The highest BCUT2D eigenvalue weighted by Crippen LogP contribution is 2.44. The van der Waals surface area contributed by atoms with E-state index in [1.807, 2.05) is 41.5 Å². The second-order valence-corrected chi connectivity index (χ2v) is 13.2. The molecule has 0 aromatic carbocycles. The molecule has 1 unspecified atom stereocenters. The van der Waals surface area contributed by atoms with E-state index < -0.39 is 91.2 Å². The minimum absolute atomic E-state index is 0.178. The van der Waals surface area contributed by atoms with Gasteiger partial charge in [-0.2, -0.15) is 0 Å². The molecule has 0 amide bonds. The average molecular weight is 586 g/mol. The van der Waals surface area contributed by atoms with Crippen LogP contribution in [0, 0.1) is 0 Å². The highest BCUT2D eigenvalue weighted by Gasteiger charge is 2.61. The van der Waals surface area contributed by atoms with Crippen molar-refractivity contribution in [2.45, 2.75) is 145 Å². The van der Waals surface area contributed by atoms with Crippen molar-refractivity contribution in [1.82, 2.24) is 0 Å². The minimum atomic E-state index is -0.809. The van der Waals surface area contributed by atoms with E-state index in [9.17, 15) is 0 Å². The first-order valence-electron chi connectivity index (χ1n) is 14.5. The zero-order valence-corrected chi connectivity index (χ0v) is 24.1. The van der Waals surface area contributed by atoms with Gasteiger partial charge in [0.25, 0.3) is 0 Å². The van der Waals surface area contributed by atoms with E-state index in [0.717, 1.165) is 0 Å². The molecule has 14 nitrogen and oxygen atoms in total. The maximum absolute atomic E-state index is 6.52. The predicted octanol–water partition coefficient (Wildman–Crippen LogP) is 0.930. The number of rotatable bonds is 0. The lowest BCUT2D eigenvalue weighted by atomic mass is 10.0. The molecule has 7 fully saturated rings. The Kier molecular flexibility index (Phi) is 6.38. The van der Waals surface area contributed by atoms with Crippen LogP contribution in [0.4, 0.5) is 0 Å². The van der Waals surface area contributed by atoms with Crippen LogP contribution in [0.15, 0.2) is 5.16 Å². The fraction of sp³-hybridized carbons (Fsp3) is 0.963. The standard InChI is InChI=1S/C27H39NO13/c1-25(2)35-19-16-13(32-22(19)38-25)9-30-17-14(33-23-20(17)36-26(3,4)39-23)10-31-18-15(12-7-11(8-29-16)41-28-12)34-24-21(18)37-27(5,6)40-24/h11,13-24H,7-10H2,1-6H3/t11?,13-,14-,15-,16+,17+,18+,19-,20-,21-,22-,23-,24-/m1/s1. The van der Waals surface area contributed by atoms with Crippen molar-refractivity contribution in [3.63, 3.8) is 0 Å². The van der Waals surface area contributed by atoms with Gasteiger partial charge in [0, 0.05) is 6.42 Å². The Morgan fingerprint density at radius 1 is 0.537 bits per heavy atom. The quantitative estimate of drug-likeness (QED) is 0.400. The molecule has 0 N–H and O–H groups in total. The van der Waals surface area contributed by atoms with Gasteiger partial charge in [0.2, 0.25) is 0 Å². The number of fused-ring (bicyclic) bond motifs is 12. The third-order valence-electron chi connectivity index (χ3n) is 8.63.